The van der Waals surface area contributed by atoms with E-state index < -0.39 is 0 Å². The summed E-state index contributed by atoms with van der Waals surface area (Å²) in [6.45, 7) is 2.08. The molecule has 2 aromatic heterocycles. The van der Waals surface area contributed by atoms with Gasteiger partial charge < -0.3 is 9.97 Å². The molecule has 0 fully saturated rings. The molecule has 0 aliphatic heterocycles. The third kappa shape index (κ3) is 2.59. The van der Waals surface area contributed by atoms with Crippen molar-refractivity contribution in [3.63, 3.8) is 0 Å². The summed E-state index contributed by atoms with van der Waals surface area (Å²) in [7, 11) is 0. The maximum atomic E-state index is 14.6. The van der Waals surface area contributed by atoms with Gasteiger partial charge in [0.25, 0.3) is 0 Å². The highest BCUT2D eigenvalue weighted by Crippen LogP contribution is 2.31. The lowest BCUT2D eigenvalue weighted by atomic mass is 9.99. The second-order valence-corrected chi connectivity index (χ2v) is 6.59. The van der Waals surface area contributed by atoms with E-state index in [4.69, 9.17) is 4.98 Å². The molecule has 132 valence electrons. The molecule has 5 rings (SSSR count). The maximum absolute atomic E-state index is 14.6. The number of hydrogen-bond donors (Lipinski definition) is 2. The van der Waals surface area contributed by atoms with Gasteiger partial charge >= 0.3 is 0 Å². The molecule has 0 aliphatic carbocycles. The number of aryl methyl sites for hydroxylation is 1. The number of halogens is 1. The minimum absolute atomic E-state index is 0.271. The van der Waals surface area contributed by atoms with Crippen LogP contribution in [0.2, 0.25) is 0 Å². The second-order valence-electron chi connectivity index (χ2n) is 6.59. The summed E-state index contributed by atoms with van der Waals surface area (Å²) >= 11 is 0. The Morgan fingerprint density at radius 3 is 2.63 bits per heavy atom. The van der Waals surface area contributed by atoms with Gasteiger partial charge in [-0.1, -0.05) is 31.2 Å². The quantitative estimate of drug-likeness (QED) is 0.450. The van der Waals surface area contributed by atoms with E-state index in [0.29, 0.717) is 11.3 Å². The van der Waals surface area contributed by atoms with Crippen molar-refractivity contribution in [1.82, 2.24) is 19.9 Å². The zero-order valence-corrected chi connectivity index (χ0v) is 14.8. The van der Waals surface area contributed by atoms with E-state index in [9.17, 15) is 4.39 Å². The van der Waals surface area contributed by atoms with Gasteiger partial charge in [-0.2, -0.15) is 0 Å². The van der Waals surface area contributed by atoms with Crippen molar-refractivity contribution in [3.8, 4) is 22.4 Å². The predicted octanol–water partition coefficient (Wildman–Crippen LogP) is 5.47. The van der Waals surface area contributed by atoms with Crippen LogP contribution in [-0.4, -0.2) is 19.9 Å². The molecular formula is C22H17FN4. The molecule has 2 N–H and O–H groups in total. The van der Waals surface area contributed by atoms with Crippen molar-refractivity contribution in [2.75, 3.05) is 0 Å². The first-order valence-corrected chi connectivity index (χ1v) is 8.93. The molecule has 0 bridgehead atoms. The summed E-state index contributed by atoms with van der Waals surface area (Å²) in [5.41, 5.74) is 5.03. The fourth-order valence-corrected chi connectivity index (χ4v) is 3.52. The topological polar surface area (TPSA) is 57.4 Å². The lowest BCUT2D eigenvalue weighted by Gasteiger charge is -2.07. The van der Waals surface area contributed by atoms with E-state index >= 15 is 0 Å². The van der Waals surface area contributed by atoms with Crippen molar-refractivity contribution in [3.05, 3.63) is 72.7 Å². The van der Waals surface area contributed by atoms with Crippen LogP contribution in [0.15, 0.2) is 61.1 Å². The molecule has 5 aromatic rings. The van der Waals surface area contributed by atoms with Crippen LogP contribution < -0.4 is 0 Å². The highest BCUT2D eigenvalue weighted by atomic mass is 19.1. The summed E-state index contributed by atoms with van der Waals surface area (Å²) in [6, 6.07) is 15.6. The molecule has 2 heterocycles. The van der Waals surface area contributed by atoms with Crippen molar-refractivity contribution in [1.29, 1.82) is 0 Å². The van der Waals surface area contributed by atoms with Gasteiger partial charge in [-0.15, -0.1) is 0 Å². The number of nitrogens with zero attached hydrogens (tertiary/aromatic N) is 2. The zero-order valence-electron chi connectivity index (χ0n) is 14.8. The van der Waals surface area contributed by atoms with Gasteiger partial charge in [0.05, 0.1) is 29.3 Å². The number of fused-ring (bicyclic) bond motifs is 3. The minimum atomic E-state index is -0.271. The molecule has 27 heavy (non-hydrogen) atoms. The van der Waals surface area contributed by atoms with E-state index in [0.717, 1.165) is 45.2 Å². The standard InChI is InChI=1S/C22H17FN4/c1-2-21-26-19-8-5-15-9-13(3-6-16(15)22(19)27-21)14-4-7-17(18(23)10-14)20-11-24-12-25-20/h3-12H,2H2,1H3,(H,24,25)(H,26,27). The summed E-state index contributed by atoms with van der Waals surface area (Å²) < 4.78 is 14.6. The molecule has 0 unspecified atom stereocenters. The van der Waals surface area contributed by atoms with Crippen LogP contribution in [-0.2, 0) is 6.42 Å². The van der Waals surface area contributed by atoms with Gasteiger partial charge in [0.1, 0.15) is 11.6 Å². The van der Waals surface area contributed by atoms with E-state index in [1.54, 1.807) is 24.7 Å². The van der Waals surface area contributed by atoms with Crippen molar-refractivity contribution < 1.29 is 4.39 Å². The average Bonchev–Trinajstić information content (AvgIpc) is 3.37. The Balaban J connectivity index is 1.61. The van der Waals surface area contributed by atoms with Gasteiger partial charge in [0, 0.05) is 17.4 Å². The molecule has 0 atom stereocenters. The molecule has 0 radical (unpaired) electrons. The number of rotatable bonds is 3. The first-order chi connectivity index (χ1) is 13.2. The number of hydrogen-bond acceptors (Lipinski definition) is 2. The fourth-order valence-electron chi connectivity index (χ4n) is 3.52. The Bertz CT molecular complexity index is 1270. The van der Waals surface area contributed by atoms with Crippen LogP contribution in [0.4, 0.5) is 4.39 Å². The third-order valence-corrected chi connectivity index (χ3v) is 4.94. The highest BCUT2D eigenvalue weighted by molar-refractivity contribution is 6.05. The number of benzene rings is 3. The Hall–Kier alpha value is -3.47. The van der Waals surface area contributed by atoms with Crippen LogP contribution >= 0.6 is 0 Å². The average molecular weight is 356 g/mol. The van der Waals surface area contributed by atoms with Crippen molar-refractivity contribution in [2.24, 2.45) is 0 Å². The summed E-state index contributed by atoms with van der Waals surface area (Å²) in [5, 5.41) is 2.19. The molecule has 0 saturated heterocycles. The Morgan fingerprint density at radius 1 is 1.00 bits per heavy atom. The number of aromatic nitrogens is 4. The van der Waals surface area contributed by atoms with E-state index in [2.05, 4.69) is 46.1 Å². The lowest BCUT2D eigenvalue weighted by Crippen LogP contribution is -1.87. The monoisotopic (exact) mass is 356 g/mol. The number of nitrogens with one attached hydrogen (secondary N) is 2. The SMILES string of the molecule is CCc1nc2c(ccc3cc(-c4ccc(-c5cnc[nH]5)c(F)c4)ccc32)[nH]1. The smallest absolute Gasteiger partial charge is 0.133 e. The molecular weight excluding hydrogens is 339 g/mol. The van der Waals surface area contributed by atoms with Gasteiger partial charge in [-0.25, -0.2) is 14.4 Å². The maximum Gasteiger partial charge on any atom is 0.133 e. The molecule has 0 aliphatic rings. The molecule has 0 spiro atoms. The van der Waals surface area contributed by atoms with E-state index in [-0.39, 0.29) is 5.82 Å². The summed E-state index contributed by atoms with van der Waals surface area (Å²) in [6.07, 6.45) is 4.04. The fraction of sp³-hybridized carbons (Fsp3) is 0.0909. The molecule has 0 amide bonds. The lowest BCUT2D eigenvalue weighted by molar-refractivity contribution is 0.631. The highest BCUT2D eigenvalue weighted by Gasteiger charge is 2.10. The van der Waals surface area contributed by atoms with Gasteiger partial charge in [0.15, 0.2) is 0 Å². The van der Waals surface area contributed by atoms with Gasteiger partial charge in [-0.05, 0) is 40.8 Å². The van der Waals surface area contributed by atoms with Crippen LogP contribution in [0.3, 0.4) is 0 Å². The minimum Gasteiger partial charge on any atom is -0.345 e. The van der Waals surface area contributed by atoms with Gasteiger partial charge in [0.2, 0.25) is 0 Å². The van der Waals surface area contributed by atoms with Crippen molar-refractivity contribution in [2.45, 2.75) is 13.3 Å². The number of H-pyrrole nitrogens is 2. The first kappa shape index (κ1) is 15.8. The van der Waals surface area contributed by atoms with Crippen LogP contribution in [0.1, 0.15) is 12.7 Å². The molecule has 4 nitrogen and oxygen atoms in total. The Morgan fingerprint density at radius 2 is 1.85 bits per heavy atom. The first-order valence-electron chi connectivity index (χ1n) is 8.93. The number of imidazole rings is 2. The van der Waals surface area contributed by atoms with Gasteiger partial charge in [-0.3, -0.25) is 0 Å². The third-order valence-electron chi connectivity index (χ3n) is 4.94. The Labute approximate surface area is 155 Å². The molecule has 3 aromatic carbocycles. The normalized spacial score (nSPS) is 11.5. The molecule has 5 heteroatoms. The zero-order chi connectivity index (χ0) is 18.4. The van der Waals surface area contributed by atoms with E-state index in [1.165, 1.54) is 0 Å². The van der Waals surface area contributed by atoms with Crippen LogP contribution in [0.25, 0.3) is 44.2 Å². The van der Waals surface area contributed by atoms with E-state index in [1.807, 2.05) is 12.1 Å². The number of aromatic amines is 2. The largest absolute Gasteiger partial charge is 0.345 e. The van der Waals surface area contributed by atoms with Crippen molar-refractivity contribution >= 4 is 21.8 Å². The second kappa shape index (κ2) is 6.06. The summed E-state index contributed by atoms with van der Waals surface area (Å²) in [5.74, 6) is 0.713. The van der Waals surface area contributed by atoms with Crippen LogP contribution in [0.5, 0.6) is 0 Å². The molecule has 0 saturated carbocycles. The van der Waals surface area contributed by atoms with Crippen LogP contribution in [0, 0.1) is 5.82 Å². The summed E-state index contributed by atoms with van der Waals surface area (Å²) in [4.78, 5) is 14.9. The predicted molar refractivity (Wildman–Crippen MR) is 106 cm³/mol. The Kier molecular flexibility index (Phi) is 3.53.